The topological polar surface area (TPSA) is 42.6 Å². The summed E-state index contributed by atoms with van der Waals surface area (Å²) >= 11 is 0. The van der Waals surface area contributed by atoms with Crippen LogP contribution in [0.1, 0.15) is 158 Å². The van der Waals surface area contributed by atoms with Crippen LogP contribution >= 0.6 is 0 Å². The summed E-state index contributed by atoms with van der Waals surface area (Å²) in [6.45, 7) is 42.1. The predicted molar refractivity (Wildman–Crippen MR) is 543 cm³/mol. The quantitative estimate of drug-likeness (QED) is 0.135. The molecule has 6 nitrogen and oxygen atoms in total. The lowest BCUT2D eigenvalue weighted by Gasteiger charge is -2.46. The Labute approximate surface area is 746 Å². The van der Waals surface area contributed by atoms with Crippen LogP contribution < -0.4 is 26.2 Å². The van der Waals surface area contributed by atoms with Gasteiger partial charge in [0.05, 0.1) is 44.2 Å². The van der Waals surface area contributed by atoms with E-state index in [-0.39, 0.29) is 39.2 Å². The van der Waals surface area contributed by atoms with E-state index < -0.39 is 0 Å². The van der Waals surface area contributed by atoms with Crippen LogP contribution in [0.2, 0.25) is 0 Å². The minimum absolute atomic E-state index is 0.186. The maximum Gasteiger partial charge on any atom is 0.252 e. The molecular formula is C120H107BN4O2. The van der Waals surface area contributed by atoms with E-state index in [9.17, 15) is 0 Å². The first-order chi connectivity index (χ1) is 60.8. The third-order valence-corrected chi connectivity index (χ3v) is 27.5. The Morgan fingerprint density at radius 3 is 0.992 bits per heavy atom. The number of rotatable bonds is 9. The van der Waals surface area contributed by atoms with Crippen molar-refractivity contribution in [1.29, 1.82) is 0 Å². The molecule has 20 aromatic rings. The molecule has 0 radical (unpaired) electrons. The van der Waals surface area contributed by atoms with Crippen LogP contribution in [-0.2, 0) is 32.5 Å². The van der Waals surface area contributed by atoms with Crippen LogP contribution in [0.5, 0.6) is 0 Å². The molecule has 2 aliphatic heterocycles. The molecule has 22 rings (SSSR count). The maximum absolute atomic E-state index is 7.65. The molecule has 0 aliphatic carbocycles. The van der Waals surface area contributed by atoms with Crippen molar-refractivity contribution in [3.05, 3.63) is 355 Å². The highest BCUT2D eigenvalue weighted by atomic mass is 16.3. The van der Waals surface area contributed by atoms with Crippen molar-refractivity contribution in [2.24, 2.45) is 0 Å². The average Bonchev–Trinajstić information content (AvgIpc) is 1.61. The van der Waals surface area contributed by atoms with Crippen LogP contribution in [0.4, 0.5) is 34.1 Å². The van der Waals surface area contributed by atoms with Gasteiger partial charge in [0.15, 0.2) is 0 Å². The maximum atomic E-state index is 7.65. The van der Waals surface area contributed by atoms with Gasteiger partial charge in [0.1, 0.15) is 22.3 Å². The number of anilines is 6. The molecule has 0 saturated heterocycles. The largest absolute Gasteiger partial charge is 0.456 e. The van der Waals surface area contributed by atoms with Gasteiger partial charge in [-0.05, 0) is 213 Å². The van der Waals surface area contributed by atoms with E-state index in [1.165, 1.54) is 82.4 Å². The summed E-state index contributed by atoms with van der Waals surface area (Å²) in [5.74, 6) is 0. The fourth-order valence-electron chi connectivity index (χ4n) is 20.8. The summed E-state index contributed by atoms with van der Waals surface area (Å²) in [6, 6.07) is 123. The molecule has 0 fully saturated rings. The summed E-state index contributed by atoms with van der Waals surface area (Å²) in [5.41, 5.74) is 37.2. The third-order valence-electron chi connectivity index (χ3n) is 27.5. The molecule has 0 N–H and O–H groups in total. The first-order valence-corrected chi connectivity index (χ1v) is 45.4. The van der Waals surface area contributed by atoms with Crippen LogP contribution in [0.3, 0.4) is 0 Å². The van der Waals surface area contributed by atoms with Crippen molar-refractivity contribution in [1.82, 2.24) is 9.13 Å². The molecule has 16 aromatic carbocycles. The second kappa shape index (κ2) is 28.4. The van der Waals surface area contributed by atoms with E-state index in [4.69, 9.17) is 8.83 Å². The molecule has 622 valence electrons. The molecule has 0 atom stereocenters. The zero-order valence-corrected chi connectivity index (χ0v) is 76.3. The SMILES string of the molecule is CC(C)(C)c1cccc(-c2cc(C(C)(C)C)c3oc4ccccc4c3c2N2c3cc(-n4c5ccccc5c5cc(-c6ccccc6)ccc54)ccc3B3c4ccc(-n5c6ccccc6c6cc(-c7ccccc7)ccc65)cc4N(c4c(-c5cccc(C(C)(C)C)c5)cc(C(C)(C)C)c5oc6ccccc6c45)c4cc(-c5cc(C(C)(C)C)cc(C(C)(C)C)c5)cc2c43)c1. The summed E-state index contributed by atoms with van der Waals surface area (Å²) in [7, 11) is 0. The molecule has 7 heteroatoms. The van der Waals surface area contributed by atoms with Crippen molar-refractivity contribution < 1.29 is 8.83 Å². The van der Waals surface area contributed by atoms with Gasteiger partial charge in [0.25, 0.3) is 6.71 Å². The van der Waals surface area contributed by atoms with Gasteiger partial charge in [-0.25, -0.2) is 0 Å². The lowest BCUT2D eigenvalue weighted by Crippen LogP contribution is -2.61. The average molecular weight is 1650 g/mol. The van der Waals surface area contributed by atoms with Crippen LogP contribution in [0, 0.1) is 0 Å². The van der Waals surface area contributed by atoms with Gasteiger partial charge in [0.2, 0.25) is 0 Å². The second-order valence-electron chi connectivity index (χ2n) is 42.1. The summed E-state index contributed by atoms with van der Waals surface area (Å²) in [6.07, 6.45) is 0. The molecule has 127 heavy (non-hydrogen) atoms. The number of para-hydroxylation sites is 4. The normalized spacial score (nSPS) is 13.4. The minimum atomic E-state index is -0.375. The number of hydrogen-bond acceptors (Lipinski definition) is 4. The van der Waals surface area contributed by atoms with Gasteiger partial charge in [-0.3, -0.25) is 0 Å². The zero-order chi connectivity index (χ0) is 87.6. The Morgan fingerprint density at radius 1 is 0.236 bits per heavy atom. The number of benzene rings is 16. The number of fused-ring (bicyclic) bond motifs is 16. The predicted octanol–water partition coefficient (Wildman–Crippen LogP) is 31.9. The van der Waals surface area contributed by atoms with Gasteiger partial charge < -0.3 is 27.8 Å². The molecule has 6 heterocycles. The molecular weight excluding hydrogens is 1540 g/mol. The lowest BCUT2D eigenvalue weighted by molar-refractivity contribution is 0.569. The number of aromatic nitrogens is 2. The Morgan fingerprint density at radius 2 is 0.591 bits per heavy atom. The highest BCUT2D eigenvalue weighted by molar-refractivity contribution is 7.00. The van der Waals surface area contributed by atoms with Crippen LogP contribution in [0.25, 0.3) is 154 Å². The van der Waals surface area contributed by atoms with Gasteiger partial charge >= 0.3 is 0 Å². The minimum Gasteiger partial charge on any atom is -0.456 e. The Bertz CT molecular complexity index is 7500. The van der Waals surface area contributed by atoms with Gasteiger partial charge in [0, 0.05) is 88.7 Å². The smallest absolute Gasteiger partial charge is 0.252 e. The summed E-state index contributed by atoms with van der Waals surface area (Å²) < 4.78 is 20.4. The van der Waals surface area contributed by atoms with Crippen molar-refractivity contribution in [2.75, 3.05) is 9.80 Å². The van der Waals surface area contributed by atoms with Crippen molar-refractivity contribution in [2.45, 2.75) is 157 Å². The molecule has 0 unspecified atom stereocenters. The molecule has 0 spiro atoms. The van der Waals surface area contributed by atoms with Gasteiger partial charge in [-0.2, -0.15) is 0 Å². The Hall–Kier alpha value is -13.6. The molecule has 4 aromatic heterocycles. The lowest BCUT2D eigenvalue weighted by atomic mass is 9.33. The summed E-state index contributed by atoms with van der Waals surface area (Å²) in [4.78, 5) is 5.51. The highest BCUT2D eigenvalue weighted by Gasteiger charge is 2.47. The monoisotopic (exact) mass is 1650 g/mol. The first kappa shape index (κ1) is 79.3. The summed E-state index contributed by atoms with van der Waals surface area (Å²) in [5, 5.41) is 9.01. The fourth-order valence-corrected chi connectivity index (χ4v) is 20.8. The van der Waals surface area contributed by atoms with Crippen molar-refractivity contribution in [3.8, 4) is 67.0 Å². The fraction of sp³-hybridized carbons (Fsp3) is 0.200. The Kier molecular flexibility index (Phi) is 17.8. The number of nitrogens with zero attached hydrogens (tertiary/aromatic N) is 4. The molecule has 2 aliphatic rings. The number of hydrogen-bond donors (Lipinski definition) is 0. The van der Waals surface area contributed by atoms with E-state index in [1.807, 2.05) is 0 Å². The second-order valence-corrected chi connectivity index (χ2v) is 42.1. The molecule has 0 bridgehead atoms. The number of furan rings is 2. The standard InChI is InChI=1S/C120H107BN4O2/c1-115(2,3)80-41-33-39-76(59-80)90-70-94(119(13,14)15)113-108(88-45-27-31-49-106(88)126-113)111(90)124-102-68-84(122-98-47-29-25-43-86(98)92-63-74(51-57-100(92)122)72-35-21-19-22-36-72)53-55-96(102)121-97-56-54-85(123-99-48-30-26-44-87(99)93-64-75(52-58-101(93)123)73-37-23-20-24-38-73)69-103(97)125(105-66-79(65-104(124)110(105)121)78-61-82(117(7,8)9)67-83(62-78)118(10,11)12)112-91(77-40-34-42-81(60-77)116(4,5)6)71-95(120(16,17)18)114-109(112)89-46-28-32-50-107(89)127-114/h19-71H,1-18H3. The van der Waals surface area contributed by atoms with Crippen LogP contribution in [-0.4, -0.2) is 15.8 Å². The third kappa shape index (κ3) is 12.9. The highest BCUT2D eigenvalue weighted by Crippen LogP contribution is 2.59. The van der Waals surface area contributed by atoms with Crippen molar-refractivity contribution in [3.63, 3.8) is 0 Å². The Balaban J connectivity index is 0.959. The van der Waals surface area contributed by atoms with Crippen molar-refractivity contribution >= 4 is 145 Å². The van der Waals surface area contributed by atoms with Crippen LogP contribution in [0.15, 0.2) is 330 Å². The molecule has 0 saturated carbocycles. The molecule has 0 amide bonds. The van der Waals surface area contributed by atoms with Gasteiger partial charge in [-0.1, -0.05) is 349 Å². The van der Waals surface area contributed by atoms with E-state index in [1.54, 1.807) is 0 Å². The van der Waals surface area contributed by atoms with E-state index in [0.29, 0.717) is 0 Å². The van der Waals surface area contributed by atoms with Gasteiger partial charge in [-0.15, -0.1) is 0 Å². The van der Waals surface area contributed by atoms with E-state index >= 15 is 0 Å². The van der Waals surface area contributed by atoms with E-state index in [0.717, 1.165) is 156 Å². The zero-order valence-electron chi connectivity index (χ0n) is 76.3. The first-order valence-electron chi connectivity index (χ1n) is 45.4. The van der Waals surface area contributed by atoms with E-state index in [2.05, 4.69) is 465 Å².